The summed E-state index contributed by atoms with van der Waals surface area (Å²) in [4.78, 5) is 4.08. The standard InChI is InChI=1S/C11H10ClF2N3S/c12-7-4-8(13)6(3-9(7)14)10(17-15)5-11-16-1-2-18-11/h1-4,10,17H,5,15H2. The van der Waals surface area contributed by atoms with E-state index in [0.29, 0.717) is 6.42 Å². The van der Waals surface area contributed by atoms with E-state index in [1.807, 2.05) is 5.38 Å². The Labute approximate surface area is 112 Å². The third-order valence-electron chi connectivity index (χ3n) is 2.48. The van der Waals surface area contributed by atoms with Gasteiger partial charge in [-0.2, -0.15) is 0 Å². The van der Waals surface area contributed by atoms with Gasteiger partial charge in [-0.3, -0.25) is 11.3 Å². The number of thiazole rings is 1. The first kappa shape index (κ1) is 13.4. The quantitative estimate of drug-likeness (QED) is 0.517. The molecule has 0 radical (unpaired) electrons. The SMILES string of the molecule is NNC(Cc1nccs1)c1cc(F)c(Cl)cc1F. The maximum Gasteiger partial charge on any atom is 0.142 e. The summed E-state index contributed by atoms with van der Waals surface area (Å²) in [5, 5.41) is 2.34. The lowest BCUT2D eigenvalue weighted by atomic mass is 10.0. The van der Waals surface area contributed by atoms with Crippen LogP contribution in [-0.2, 0) is 6.42 Å². The van der Waals surface area contributed by atoms with Crippen LogP contribution in [0.5, 0.6) is 0 Å². The second kappa shape index (κ2) is 5.71. The van der Waals surface area contributed by atoms with Gasteiger partial charge in [0.15, 0.2) is 0 Å². The Morgan fingerprint density at radius 1 is 1.39 bits per heavy atom. The van der Waals surface area contributed by atoms with Crippen LogP contribution in [0.4, 0.5) is 8.78 Å². The molecule has 1 heterocycles. The van der Waals surface area contributed by atoms with Gasteiger partial charge in [0.1, 0.15) is 11.6 Å². The van der Waals surface area contributed by atoms with E-state index >= 15 is 0 Å². The fraction of sp³-hybridized carbons (Fsp3) is 0.182. The summed E-state index contributed by atoms with van der Waals surface area (Å²) in [5.74, 6) is 4.11. The molecule has 0 bridgehead atoms. The molecule has 0 saturated heterocycles. The van der Waals surface area contributed by atoms with Crippen molar-refractivity contribution in [1.82, 2.24) is 10.4 Å². The van der Waals surface area contributed by atoms with Gasteiger partial charge in [-0.05, 0) is 12.1 Å². The number of benzene rings is 1. The summed E-state index contributed by atoms with van der Waals surface area (Å²) in [6.07, 6.45) is 2.03. The molecule has 96 valence electrons. The lowest BCUT2D eigenvalue weighted by Gasteiger charge is -2.16. The summed E-state index contributed by atoms with van der Waals surface area (Å²) >= 11 is 6.93. The Morgan fingerprint density at radius 2 is 2.17 bits per heavy atom. The molecule has 1 unspecified atom stereocenters. The minimum absolute atomic E-state index is 0.134. The minimum Gasteiger partial charge on any atom is -0.271 e. The third kappa shape index (κ3) is 2.84. The highest BCUT2D eigenvalue weighted by Gasteiger charge is 2.18. The molecular weight excluding hydrogens is 280 g/mol. The van der Waals surface area contributed by atoms with Crippen LogP contribution in [-0.4, -0.2) is 4.98 Å². The van der Waals surface area contributed by atoms with E-state index < -0.39 is 17.7 Å². The van der Waals surface area contributed by atoms with E-state index in [0.717, 1.165) is 17.1 Å². The Balaban J connectivity index is 2.30. The largest absolute Gasteiger partial charge is 0.271 e. The molecule has 0 fully saturated rings. The molecule has 0 amide bonds. The summed E-state index contributed by atoms with van der Waals surface area (Å²) in [6, 6.07) is 1.44. The average molecular weight is 290 g/mol. The molecule has 0 saturated carbocycles. The number of rotatable bonds is 4. The Bertz CT molecular complexity index is 533. The van der Waals surface area contributed by atoms with Crippen LogP contribution in [0.15, 0.2) is 23.7 Å². The topological polar surface area (TPSA) is 50.9 Å². The number of aromatic nitrogens is 1. The van der Waals surface area contributed by atoms with Crippen molar-refractivity contribution in [2.75, 3.05) is 0 Å². The number of hydrogen-bond acceptors (Lipinski definition) is 4. The second-order valence-electron chi connectivity index (χ2n) is 3.64. The maximum absolute atomic E-state index is 13.7. The van der Waals surface area contributed by atoms with Crippen molar-refractivity contribution >= 4 is 22.9 Å². The molecule has 18 heavy (non-hydrogen) atoms. The molecule has 2 rings (SSSR count). The second-order valence-corrected chi connectivity index (χ2v) is 5.02. The molecule has 1 atom stereocenters. The lowest BCUT2D eigenvalue weighted by molar-refractivity contribution is 0.502. The molecule has 0 aliphatic rings. The number of nitrogens with two attached hydrogens (primary N) is 1. The molecule has 7 heteroatoms. The van der Waals surface area contributed by atoms with E-state index in [9.17, 15) is 8.78 Å². The predicted octanol–water partition coefficient (Wildman–Crippen LogP) is 2.82. The highest BCUT2D eigenvalue weighted by Crippen LogP contribution is 2.26. The van der Waals surface area contributed by atoms with Crippen molar-refractivity contribution in [3.63, 3.8) is 0 Å². The van der Waals surface area contributed by atoms with Crippen LogP contribution in [0.1, 0.15) is 16.6 Å². The molecule has 0 aliphatic carbocycles. The summed E-state index contributed by atoms with van der Waals surface area (Å²) in [6.45, 7) is 0. The van der Waals surface area contributed by atoms with Crippen molar-refractivity contribution < 1.29 is 8.78 Å². The highest BCUT2D eigenvalue weighted by atomic mass is 35.5. The van der Waals surface area contributed by atoms with Crippen LogP contribution < -0.4 is 11.3 Å². The van der Waals surface area contributed by atoms with Crippen LogP contribution in [0.25, 0.3) is 0 Å². The molecule has 1 aromatic carbocycles. The first-order valence-corrected chi connectivity index (χ1v) is 6.36. The monoisotopic (exact) mass is 289 g/mol. The minimum atomic E-state index is -0.674. The van der Waals surface area contributed by atoms with E-state index in [-0.39, 0.29) is 10.6 Å². The van der Waals surface area contributed by atoms with Gasteiger partial charge in [0.2, 0.25) is 0 Å². The van der Waals surface area contributed by atoms with Crippen LogP contribution in [0.3, 0.4) is 0 Å². The first-order chi connectivity index (χ1) is 8.61. The molecule has 0 aliphatic heterocycles. The van der Waals surface area contributed by atoms with Crippen molar-refractivity contribution in [3.05, 3.63) is 50.9 Å². The van der Waals surface area contributed by atoms with Gasteiger partial charge >= 0.3 is 0 Å². The van der Waals surface area contributed by atoms with Crippen LogP contribution in [0.2, 0.25) is 5.02 Å². The normalized spacial score (nSPS) is 12.7. The molecule has 2 aromatic rings. The number of nitrogens with zero attached hydrogens (tertiary/aromatic N) is 1. The number of halogens is 3. The van der Waals surface area contributed by atoms with Crippen LogP contribution in [0, 0.1) is 11.6 Å². The molecular formula is C11H10ClF2N3S. The zero-order valence-electron chi connectivity index (χ0n) is 9.16. The summed E-state index contributed by atoms with van der Waals surface area (Å²) in [7, 11) is 0. The van der Waals surface area contributed by atoms with Gasteiger partial charge in [-0.1, -0.05) is 11.6 Å². The van der Waals surface area contributed by atoms with Gasteiger partial charge in [0, 0.05) is 23.6 Å². The summed E-state index contributed by atoms with van der Waals surface area (Å²) in [5.41, 5.74) is 2.59. The van der Waals surface area contributed by atoms with E-state index in [1.54, 1.807) is 6.20 Å². The number of hydrogen-bond donors (Lipinski definition) is 2. The molecule has 1 aromatic heterocycles. The Hall–Kier alpha value is -1.08. The molecule has 0 spiro atoms. The smallest absolute Gasteiger partial charge is 0.142 e. The lowest BCUT2D eigenvalue weighted by Crippen LogP contribution is -2.30. The first-order valence-electron chi connectivity index (χ1n) is 5.10. The zero-order valence-corrected chi connectivity index (χ0v) is 10.7. The Kier molecular flexibility index (Phi) is 4.23. The van der Waals surface area contributed by atoms with Crippen molar-refractivity contribution in [2.45, 2.75) is 12.5 Å². The van der Waals surface area contributed by atoms with Crippen molar-refractivity contribution in [3.8, 4) is 0 Å². The van der Waals surface area contributed by atoms with Crippen molar-refractivity contribution in [1.29, 1.82) is 0 Å². The highest BCUT2D eigenvalue weighted by molar-refractivity contribution is 7.09. The van der Waals surface area contributed by atoms with Gasteiger partial charge < -0.3 is 0 Å². The van der Waals surface area contributed by atoms with E-state index in [1.165, 1.54) is 11.3 Å². The number of hydrazine groups is 1. The Morgan fingerprint density at radius 3 is 2.78 bits per heavy atom. The van der Waals surface area contributed by atoms with Crippen molar-refractivity contribution in [2.24, 2.45) is 5.84 Å². The van der Waals surface area contributed by atoms with Gasteiger partial charge in [-0.15, -0.1) is 11.3 Å². The number of nitrogens with one attached hydrogen (secondary N) is 1. The zero-order chi connectivity index (χ0) is 13.1. The fourth-order valence-corrected chi connectivity index (χ4v) is 2.41. The van der Waals surface area contributed by atoms with Gasteiger partial charge in [0.05, 0.1) is 16.1 Å². The van der Waals surface area contributed by atoms with E-state index in [2.05, 4.69) is 10.4 Å². The van der Waals surface area contributed by atoms with E-state index in [4.69, 9.17) is 17.4 Å². The third-order valence-corrected chi connectivity index (χ3v) is 3.57. The maximum atomic E-state index is 13.7. The van der Waals surface area contributed by atoms with Crippen LogP contribution >= 0.6 is 22.9 Å². The average Bonchev–Trinajstić information content (AvgIpc) is 2.84. The van der Waals surface area contributed by atoms with Gasteiger partial charge in [0.25, 0.3) is 0 Å². The summed E-state index contributed by atoms with van der Waals surface area (Å²) < 4.78 is 27.1. The van der Waals surface area contributed by atoms with Gasteiger partial charge in [-0.25, -0.2) is 13.8 Å². The molecule has 3 N–H and O–H groups in total. The fourth-order valence-electron chi connectivity index (χ4n) is 1.59. The molecule has 3 nitrogen and oxygen atoms in total. The predicted molar refractivity (Wildman–Crippen MR) is 67.3 cm³/mol.